The zero-order valence-corrected chi connectivity index (χ0v) is 17.1. The van der Waals surface area contributed by atoms with E-state index in [-0.39, 0.29) is 11.3 Å². The van der Waals surface area contributed by atoms with Crippen LogP contribution >= 0.6 is 11.3 Å². The minimum absolute atomic E-state index is 0.100. The standard InChI is InChI=1S/C22H22N2O3S/c1-22(2,3)17-11-9-14(10-12-17)18-13-28-21(23-18)24-19(25)15-5-7-16(8-6-15)20(26)27-4/h5-13H,1-4H3,(H,23,24,25). The minimum atomic E-state index is -0.436. The summed E-state index contributed by atoms with van der Waals surface area (Å²) in [6, 6.07) is 14.6. The first-order valence-corrected chi connectivity index (χ1v) is 9.72. The highest BCUT2D eigenvalue weighted by Crippen LogP contribution is 2.28. The first kappa shape index (κ1) is 19.8. The molecule has 1 aromatic heterocycles. The van der Waals surface area contributed by atoms with E-state index in [1.807, 2.05) is 17.5 Å². The third-order valence-electron chi connectivity index (χ3n) is 4.34. The lowest BCUT2D eigenvalue weighted by molar-refractivity contribution is 0.0600. The van der Waals surface area contributed by atoms with E-state index in [1.54, 1.807) is 24.3 Å². The average molecular weight is 394 g/mol. The van der Waals surface area contributed by atoms with Crippen LogP contribution in [0.25, 0.3) is 11.3 Å². The first-order valence-electron chi connectivity index (χ1n) is 8.84. The Bertz CT molecular complexity index is 984. The van der Waals surface area contributed by atoms with E-state index in [1.165, 1.54) is 24.0 Å². The number of ether oxygens (including phenoxy) is 1. The van der Waals surface area contributed by atoms with Crippen molar-refractivity contribution in [1.29, 1.82) is 0 Å². The number of thiazole rings is 1. The van der Waals surface area contributed by atoms with Gasteiger partial charge in [-0.05, 0) is 35.2 Å². The Labute approximate surface area is 168 Å². The molecule has 1 N–H and O–H groups in total. The van der Waals surface area contributed by atoms with Gasteiger partial charge in [-0.3, -0.25) is 10.1 Å². The number of nitrogens with one attached hydrogen (secondary N) is 1. The van der Waals surface area contributed by atoms with Crippen LogP contribution in [0.3, 0.4) is 0 Å². The molecule has 0 saturated heterocycles. The van der Waals surface area contributed by atoms with Crippen LogP contribution < -0.4 is 5.32 Å². The fraction of sp³-hybridized carbons (Fsp3) is 0.227. The van der Waals surface area contributed by atoms with Crippen molar-refractivity contribution in [2.75, 3.05) is 12.4 Å². The largest absolute Gasteiger partial charge is 0.465 e. The number of hydrogen-bond acceptors (Lipinski definition) is 5. The highest BCUT2D eigenvalue weighted by molar-refractivity contribution is 7.14. The van der Waals surface area contributed by atoms with Gasteiger partial charge < -0.3 is 4.74 Å². The SMILES string of the molecule is COC(=O)c1ccc(C(=O)Nc2nc(-c3ccc(C(C)(C)C)cc3)cs2)cc1. The third kappa shape index (κ3) is 4.46. The predicted molar refractivity (Wildman–Crippen MR) is 112 cm³/mol. The molecule has 0 spiro atoms. The molecule has 3 rings (SSSR count). The Morgan fingerprint density at radius 2 is 1.57 bits per heavy atom. The van der Waals surface area contributed by atoms with Crippen LogP contribution in [-0.4, -0.2) is 24.0 Å². The lowest BCUT2D eigenvalue weighted by Crippen LogP contribution is -2.12. The van der Waals surface area contributed by atoms with Gasteiger partial charge in [0.2, 0.25) is 0 Å². The molecule has 2 aromatic carbocycles. The van der Waals surface area contributed by atoms with Crippen molar-refractivity contribution in [3.8, 4) is 11.3 Å². The first-order chi connectivity index (χ1) is 13.3. The summed E-state index contributed by atoms with van der Waals surface area (Å²) in [6.45, 7) is 6.53. The lowest BCUT2D eigenvalue weighted by atomic mass is 9.86. The number of anilines is 1. The van der Waals surface area contributed by atoms with Gasteiger partial charge in [-0.15, -0.1) is 11.3 Å². The van der Waals surface area contributed by atoms with E-state index < -0.39 is 5.97 Å². The second-order valence-electron chi connectivity index (χ2n) is 7.39. The average Bonchev–Trinajstić information content (AvgIpc) is 3.15. The number of hydrogen-bond donors (Lipinski definition) is 1. The van der Waals surface area contributed by atoms with Crippen LogP contribution in [-0.2, 0) is 10.2 Å². The van der Waals surface area contributed by atoms with Gasteiger partial charge in [-0.25, -0.2) is 9.78 Å². The molecule has 0 aliphatic heterocycles. The molecule has 28 heavy (non-hydrogen) atoms. The van der Waals surface area contributed by atoms with Crippen LogP contribution in [0.4, 0.5) is 5.13 Å². The second-order valence-corrected chi connectivity index (χ2v) is 8.25. The predicted octanol–water partition coefficient (Wildman–Crippen LogP) is 5.15. The Morgan fingerprint density at radius 3 is 2.14 bits per heavy atom. The van der Waals surface area contributed by atoms with Crippen molar-refractivity contribution in [3.05, 3.63) is 70.6 Å². The number of amides is 1. The van der Waals surface area contributed by atoms with Crippen LogP contribution in [0.5, 0.6) is 0 Å². The molecule has 0 radical (unpaired) electrons. The van der Waals surface area contributed by atoms with E-state index in [2.05, 4.69) is 47.9 Å². The fourth-order valence-electron chi connectivity index (χ4n) is 2.65. The molecule has 0 aliphatic rings. The van der Waals surface area contributed by atoms with Crippen LogP contribution in [0.2, 0.25) is 0 Å². The maximum Gasteiger partial charge on any atom is 0.337 e. The molecule has 0 atom stereocenters. The molecule has 5 nitrogen and oxygen atoms in total. The molecule has 0 saturated carbocycles. The van der Waals surface area contributed by atoms with E-state index >= 15 is 0 Å². The highest BCUT2D eigenvalue weighted by Gasteiger charge is 2.15. The summed E-state index contributed by atoms with van der Waals surface area (Å²) < 4.78 is 4.66. The number of rotatable bonds is 4. The fourth-order valence-corrected chi connectivity index (χ4v) is 3.36. The summed E-state index contributed by atoms with van der Waals surface area (Å²) in [6.07, 6.45) is 0. The summed E-state index contributed by atoms with van der Waals surface area (Å²) in [7, 11) is 1.32. The van der Waals surface area contributed by atoms with Crippen molar-refractivity contribution in [3.63, 3.8) is 0 Å². The number of esters is 1. The van der Waals surface area contributed by atoms with E-state index in [4.69, 9.17) is 0 Å². The van der Waals surface area contributed by atoms with Gasteiger partial charge in [-0.2, -0.15) is 0 Å². The van der Waals surface area contributed by atoms with Crippen molar-refractivity contribution in [2.24, 2.45) is 0 Å². The Balaban J connectivity index is 1.70. The molecule has 1 amide bonds. The van der Waals surface area contributed by atoms with E-state index in [0.29, 0.717) is 16.3 Å². The molecule has 144 valence electrons. The molecule has 0 aliphatic carbocycles. The Morgan fingerprint density at radius 1 is 0.964 bits per heavy atom. The Kier molecular flexibility index (Phi) is 5.61. The van der Waals surface area contributed by atoms with Crippen molar-refractivity contribution in [2.45, 2.75) is 26.2 Å². The van der Waals surface area contributed by atoms with Crippen LogP contribution in [0, 0.1) is 0 Å². The van der Waals surface area contributed by atoms with Gasteiger partial charge >= 0.3 is 5.97 Å². The summed E-state index contributed by atoms with van der Waals surface area (Å²) in [5.74, 6) is -0.714. The molecular formula is C22H22N2O3S. The molecule has 0 unspecified atom stereocenters. The highest BCUT2D eigenvalue weighted by atomic mass is 32.1. The van der Waals surface area contributed by atoms with Gasteiger partial charge in [-0.1, -0.05) is 45.0 Å². The second kappa shape index (κ2) is 7.94. The van der Waals surface area contributed by atoms with Crippen molar-refractivity contribution >= 4 is 28.3 Å². The van der Waals surface area contributed by atoms with Crippen molar-refractivity contribution < 1.29 is 14.3 Å². The monoisotopic (exact) mass is 394 g/mol. The normalized spacial score (nSPS) is 11.1. The van der Waals surface area contributed by atoms with Gasteiger partial charge in [0.25, 0.3) is 5.91 Å². The number of carbonyl (C=O) groups is 2. The topological polar surface area (TPSA) is 68.3 Å². The Hall–Kier alpha value is -2.99. The molecule has 6 heteroatoms. The molecule has 3 aromatic rings. The van der Waals surface area contributed by atoms with Crippen molar-refractivity contribution in [1.82, 2.24) is 4.98 Å². The van der Waals surface area contributed by atoms with Gasteiger partial charge in [0, 0.05) is 16.5 Å². The van der Waals surface area contributed by atoms with E-state index in [0.717, 1.165) is 11.3 Å². The molecular weight excluding hydrogens is 372 g/mol. The summed E-state index contributed by atoms with van der Waals surface area (Å²) in [5, 5.41) is 5.24. The molecule has 0 fully saturated rings. The summed E-state index contributed by atoms with van der Waals surface area (Å²) >= 11 is 1.37. The maximum absolute atomic E-state index is 12.4. The zero-order chi connectivity index (χ0) is 20.3. The number of nitrogens with zero attached hydrogens (tertiary/aromatic N) is 1. The van der Waals surface area contributed by atoms with Crippen LogP contribution in [0.15, 0.2) is 53.9 Å². The van der Waals surface area contributed by atoms with Gasteiger partial charge in [0.15, 0.2) is 5.13 Å². The molecule has 1 heterocycles. The minimum Gasteiger partial charge on any atom is -0.465 e. The molecule has 0 bridgehead atoms. The number of benzene rings is 2. The van der Waals surface area contributed by atoms with Gasteiger partial charge in [0.1, 0.15) is 0 Å². The summed E-state index contributed by atoms with van der Waals surface area (Å²) in [4.78, 5) is 28.4. The number of methoxy groups -OCH3 is 1. The third-order valence-corrected chi connectivity index (χ3v) is 5.10. The number of aromatic nitrogens is 1. The number of carbonyl (C=O) groups excluding carboxylic acids is 2. The quantitative estimate of drug-likeness (QED) is 0.622. The smallest absolute Gasteiger partial charge is 0.337 e. The van der Waals surface area contributed by atoms with Crippen LogP contribution in [0.1, 0.15) is 47.1 Å². The van der Waals surface area contributed by atoms with Gasteiger partial charge in [0.05, 0.1) is 18.4 Å². The summed E-state index contributed by atoms with van der Waals surface area (Å²) in [5.41, 5.74) is 4.03. The zero-order valence-electron chi connectivity index (χ0n) is 16.3. The lowest BCUT2D eigenvalue weighted by Gasteiger charge is -2.18. The maximum atomic E-state index is 12.4. The van der Waals surface area contributed by atoms with E-state index in [9.17, 15) is 9.59 Å².